The SMILES string of the molecule is Cn1cc(C2(O)CCN(c3ccccc3)CC2)cn1. The van der Waals surface area contributed by atoms with Crippen LogP contribution in [-0.2, 0) is 12.6 Å². The molecule has 0 atom stereocenters. The molecule has 0 amide bonds. The van der Waals surface area contributed by atoms with Crippen molar-refractivity contribution in [3.63, 3.8) is 0 Å². The van der Waals surface area contributed by atoms with Crippen LogP contribution in [0, 0.1) is 0 Å². The summed E-state index contributed by atoms with van der Waals surface area (Å²) in [6.07, 6.45) is 5.18. The van der Waals surface area contributed by atoms with Gasteiger partial charge in [-0.25, -0.2) is 0 Å². The van der Waals surface area contributed by atoms with E-state index in [9.17, 15) is 5.11 Å². The lowest BCUT2D eigenvalue weighted by molar-refractivity contribution is 0.0117. The van der Waals surface area contributed by atoms with Crippen molar-refractivity contribution in [1.29, 1.82) is 0 Å². The number of hydrogen-bond acceptors (Lipinski definition) is 3. The molecule has 19 heavy (non-hydrogen) atoms. The molecule has 0 unspecified atom stereocenters. The van der Waals surface area contributed by atoms with E-state index in [4.69, 9.17) is 0 Å². The summed E-state index contributed by atoms with van der Waals surface area (Å²) in [6, 6.07) is 10.4. The normalized spacial score (nSPS) is 18.5. The Morgan fingerprint density at radius 2 is 1.84 bits per heavy atom. The molecule has 0 aliphatic carbocycles. The minimum absolute atomic E-state index is 0.723. The first-order chi connectivity index (χ1) is 9.17. The van der Waals surface area contributed by atoms with Gasteiger partial charge in [-0.2, -0.15) is 5.10 Å². The predicted octanol–water partition coefficient (Wildman–Crippen LogP) is 1.91. The lowest BCUT2D eigenvalue weighted by Gasteiger charge is -2.38. The zero-order valence-electron chi connectivity index (χ0n) is 11.2. The number of aryl methyl sites for hydroxylation is 1. The molecule has 1 fully saturated rings. The quantitative estimate of drug-likeness (QED) is 0.893. The maximum absolute atomic E-state index is 10.7. The highest BCUT2D eigenvalue weighted by atomic mass is 16.3. The summed E-state index contributed by atoms with van der Waals surface area (Å²) in [5.41, 5.74) is 1.44. The number of nitrogens with zero attached hydrogens (tertiary/aromatic N) is 3. The second kappa shape index (κ2) is 4.70. The third-order valence-corrected chi connectivity index (χ3v) is 3.95. The van der Waals surface area contributed by atoms with Crippen LogP contribution in [-0.4, -0.2) is 28.0 Å². The highest BCUT2D eigenvalue weighted by Gasteiger charge is 2.34. The van der Waals surface area contributed by atoms with Gasteiger partial charge in [0.2, 0.25) is 0 Å². The Bertz CT molecular complexity index is 542. The van der Waals surface area contributed by atoms with Gasteiger partial charge in [-0.05, 0) is 25.0 Å². The summed E-state index contributed by atoms with van der Waals surface area (Å²) in [4.78, 5) is 2.32. The van der Waals surface area contributed by atoms with E-state index >= 15 is 0 Å². The fourth-order valence-corrected chi connectivity index (χ4v) is 2.72. The predicted molar refractivity (Wildman–Crippen MR) is 75.0 cm³/mol. The number of para-hydroxylation sites is 1. The van der Waals surface area contributed by atoms with Gasteiger partial charge in [0.05, 0.1) is 11.8 Å². The number of anilines is 1. The summed E-state index contributed by atoms with van der Waals surface area (Å²) in [5.74, 6) is 0. The number of rotatable bonds is 2. The Morgan fingerprint density at radius 3 is 2.42 bits per heavy atom. The number of piperidine rings is 1. The first-order valence-electron chi connectivity index (χ1n) is 6.69. The summed E-state index contributed by atoms with van der Waals surface area (Å²) in [5, 5.41) is 14.9. The Hall–Kier alpha value is -1.81. The summed E-state index contributed by atoms with van der Waals surface area (Å²) < 4.78 is 1.75. The van der Waals surface area contributed by atoms with Gasteiger partial charge in [-0.1, -0.05) is 18.2 Å². The Balaban J connectivity index is 1.72. The first-order valence-corrected chi connectivity index (χ1v) is 6.69. The van der Waals surface area contributed by atoms with E-state index in [1.165, 1.54) is 5.69 Å². The van der Waals surface area contributed by atoms with Crippen LogP contribution in [0.15, 0.2) is 42.7 Å². The minimum Gasteiger partial charge on any atom is -0.385 e. The molecular formula is C15H19N3O. The van der Waals surface area contributed by atoms with E-state index in [0.717, 1.165) is 31.5 Å². The monoisotopic (exact) mass is 257 g/mol. The topological polar surface area (TPSA) is 41.3 Å². The van der Waals surface area contributed by atoms with Crippen molar-refractivity contribution in [2.75, 3.05) is 18.0 Å². The largest absolute Gasteiger partial charge is 0.385 e. The smallest absolute Gasteiger partial charge is 0.0960 e. The van der Waals surface area contributed by atoms with Crippen LogP contribution in [0.2, 0.25) is 0 Å². The van der Waals surface area contributed by atoms with E-state index in [1.54, 1.807) is 10.9 Å². The molecule has 1 N–H and O–H groups in total. The van der Waals surface area contributed by atoms with Crippen LogP contribution in [0.25, 0.3) is 0 Å². The molecule has 2 heterocycles. The summed E-state index contributed by atoms with van der Waals surface area (Å²) in [6.45, 7) is 1.74. The molecule has 3 rings (SSSR count). The molecule has 1 aromatic carbocycles. The van der Waals surface area contributed by atoms with Crippen molar-refractivity contribution in [3.05, 3.63) is 48.3 Å². The van der Waals surface area contributed by atoms with Gasteiger partial charge in [0.15, 0.2) is 0 Å². The van der Waals surface area contributed by atoms with Gasteiger partial charge in [-0.15, -0.1) is 0 Å². The van der Waals surface area contributed by atoms with Gasteiger partial charge in [0.1, 0.15) is 0 Å². The van der Waals surface area contributed by atoms with Crippen molar-refractivity contribution < 1.29 is 5.11 Å². The highest BCUT2D eigenvalue weighted by molar-refractivity contribution is 5.46. The maximum atomic E-state index is 10.7. The van der Waals surface area contributed by atoms with Gasteiger partial charge in [0.25, 0.3) is 0 Å². The fraction of sp³-hybridized carbons (Fsp3) is 0.400. The number of aliphatic hydroxyl groups is 1. The third kappa shape index (κ3) is 2.36. The van der Waals surface area contributed by atoms with Crippen molar-refractivity contribution in [2.45, 2.75) is 18.4 Å². The second-order valence-corrected chi connectivity index (χ2v) is 5.26. The van der Waals surface area contributed by atoms with Gasteiger partial charge in [0, 0.05) is 37.6 Å². The van der Waals surface area contributed by atoms with E-state index < -0.39 is 5.60 Å². The summed E-state index contributed by atoms with van der Waals surface area (Å²) in [7, 11) is 1.88. The highest BCUT2D eigenvalue weighted by Crippen LogP contribution is 2.34. The van der Waals surface area contributed by atoms with E-state index in [0.29, 0.717) is 0 Å². The average molecular weight is 257 g/mol. The van der Waals surface area contributed by atoms with Crippen LogP contribution in [0.5, 0.6) is 0 Å². The van der Waals surface area contributed by atoms with Crippen LogP contribution in [0.4, 0.5) is 5.69 Å². The van der Waals surface area contributed by atoms with Crippen molar-refractivity contribution in [3.8, 4) is 0 Å². The molecule has 1 aromatic heterocycles. The lowest BCUT2D eigenvalue weighted by Crippen LogP contribution is -2.42. The third-order valence-electron chi connectivity index (χ3n) is 3.95. The number of hydrogen-bond donors (Lipinski definition) is 1. The van der Waals surface area contributed by atoms with Crippen LogP contribution >= 0.6 is 0 Å². The zero-order chi connectivity index (χ0) is 13.3. The van der Waals surface area contributed by atoms with Crippen molar-refractivity contribution >= 4 is 5.69 Å². The van der Waals surface area contributed by atoms with Crippen LogP contribution < -0.4 is 4.90 Å². The molecule has 0 radical (unpaired) electrons. The lowest BCUT2D eigenvalue weighted by atomic mass is 9.86. The van der Waals surface area contributed by atoms with Crippen LogP contribution in [0.3, 0.4) is 0 Å². The van der Waals surface area contributed by atoms with E-state index in [1.807, 2.05) is 19.3 Å². The molecule has 0 saturated carbocycles. The van der Waals surface area contributed by atoms with Crippen LogP contribution in [0.1, 0.15) is 18.4 Å². The Kier molecular flexibility index (Phi) is 3.03. The van der Waals surface area contributed by atoms with E-state index in [2.05, 4.69) is 34.3 Å². The number of aromatic nitrogens is 2. The Morgan fingerprint density at radius 1 is 1.16 bits per heavy atom. The molecule has 1 aliphatic rings. The molecule has 1 saturated heterocycles. The molecule has 4 heteroatoms. The molecule has 1 aliphatic heterocycles. The molecule has 100 valence electrons. The van der Waals surface area contributed by atoms with E-state index in [-0.39, 0.29) is 0 Å². The Labute approximate surface area is 113 Å². The second-order valence-electron chi connectivity index (χ2n) is 5.26. The van der Waals surface area contributed by atoms with Crippen molar-refractivity contribution in [2.24, 2.45) is 7.05 Å². The van der Waals surface area contributed by atoms with Gasteiger partial charge < -0.3 is 10.0 Å². The number of benzene rings is 1. The molecule has 0 spiro atoms. The molecule has 4 nitrogen and oxygen atoms in total. The van der Waals surface area contributed by atoms with Crippen molar-refractivity contribution in [1.82, 2.24) is 9.78 Å². The van der Waals surface area contributed by atoms with Gasteiger partial charge in [-0.3, -0.25) is 4.68 Å². The molecule has 2 aromatic rings. The minimum atomic E-state index is -0.723. The standard InChI is InChI=1S/C15H19N3O/c1-17-12-13(11-16-17)15(19)7-9-18(10-8-15)14-5-3-2-4-6-14/h2-6,11-12,19H,7-10H2,1H3. The molecule has 0 bridgehead atoms. The van der Waals surface area contributed by atoms with Gasteiger partial charge >= 0.3 is 0 Å². The maximum Gasteiger partial charge on any atom is 0.0960 e. The fourth-order valence-electron chi connectivity index (χ4n) is 2.72. The molecular weight excluding hydrogens is 238 g/mol. The zero-order valence-corrected chi connectivity index (χ0v) is 11.2. The summed E-state index contributed by atoms with van der Waals surface area (Å²) >= 11 is 0. The first kappa shape index (κ1) is 12.2. The average Bonchev–Trinajstić information content (AvgIpc) is 2.88.